The minimum Gasteiger partial charge on any atom is -0.399 e. The number of anilines is 1. The molecule has 1 heterocycles. The molecule has 0 aliphatic carbocycles. The minimum atomic E-state index is -3.98. The zero-order valence-corrected chi connectivity index (χ0v) is 12.7. The number of carbonyl (C=O) groups is 1. The van der Waals surface area contributed by atoms with E-state index in [0.29, 0.717) is 6.42 Å². The second-order valence-corrected chi connectivity index (χ2v) is 7.32. The summed E-state index contributed by atoms with van der Waals surface area (Å²) >= 11 is 0. The number of sulfonamides is 1. The summed E-state index contributed by atoms with van der Waals surface area (Å²) in [5, 5.41) is 2.53. The van der Waals surface area contributed by atoms with Gasteiger partial charge >= 0.3 is 0 Å². The predicted molar refractivity (Wildman–Crippen MR) is 76.4 cm³/mol. The van der Waals surface area contributed by atoms with Crippen molar-refractivity contribution in [3.8, 4) is 0 Å². The summed E-state index contributed by atoms with van der Waals surface area (Å²) in [7, 11) is -2.47. The van der Waals surface area contributed by atoms with Gasteiger partial charge < -0.3 is 11.1 Å². The van der Waals surface area contributed by atoms with E-state index in [4.69, 9.17) is 5.73 Å². The summed E-state index contributed by atoms with van der Waals surface area (Å²) in [4.78, 5) is 11.4. The topological polar surface area (TPSA) is 92.5 Å². The third-order valence-electron chi connectivity index (χ3n) is 3.79. The molecule has 21 heavy (non-hydrogen) atoms. The highest BCUT2D eigenvalue weighted by atomic mass is 32.2. The van der Waals surface area contributed by atoms with Crippen LogP contribution in [0, 0.1) is 11.2 Å². The van der Waals surface area contributed by atoms with Gasteiger partial charge in [0.1, 0.15) is 10.7 Å². The van der Waals surface area contributed by atoms with Gasteiger partial charge in [0.25, 0.3) is 0 Å². The minimum absolute atomic E-state index is 0.0266. The molecule has 1 aliphatic heterocycles. The Bertz CT molecular complexity index is 677. The summed E-state index contributed by atoms with van der Waals surface area (Å²) in [6.45, 7) is 1.90. The fourth-order valence-corrected chi connectivity index (χ4v) is 4.09. The second kappa shape index (κ2) is 5.27. The van der Waals surface area contributed by atoms with Crippen LogP contribution < -0.4 is 11.1 Å². The Morgan fingerprint density at radius 1 is 1.48 bits per heavy atom. The van der Waals surface area contributed by atoms with E-state index >= 15 is 0 Å². The Labute approximate surface area is 123 Å². The molecule has 3 N–H and O–H groups in total. The number of nitrogens with zero attached hydrogens (tertiary/aromatic N) is 1. The lowest BCUT2D eigenvalue weighted by Gasteiger charge is -2.22. The van der Waals surface area contributed by atoms with Gasteiger partial charge in [0.05, 0.1) is 5.41 Å². The monoisotopic (exact) mass is 315 g/mol. The Morgan fingerprint density at radius 3 is 2.71 bits per heavy atom. The van der Waals surface area contributed by atoms with Gasteiger partial charge in [-0.15, -0.1) is 0 Å². The number of hydrogen-bond donors (Lipinski definition) is 2. The van der Waals surface area contributed by atoms with Crippen molar-refractivity contribution in [3.05, 3.63) is 24.0 Å². The standard InChI is InChI=1S/C13H18FN3O3S/c1-13(12(18)16-2)5-6-17(8-13)21(19,20)11-4-3-9(15)7-10(11)14/h3-4,7H,5-6,8,15H2,1-2H3,(H,16,18). The molecule has 1 aromatic rings. The number of nitrogens with one attached hydrogen (secondary N) is 1. The molecule has 8 heteroatoms. The summed E-state index contributed by atoms with van der Waals surface area (Å²) in [6, 6.07) is 3.46. The fourth-order valence-electron chi connectivity index (χ4n) is 2.48. The Hall–Kier alpha value is -1.67. The van der Waals surface area contributed by atoms with Crippen LogP contribution in [0.25, 0.3) is 0 Å². The third-order valence-corrected chi connectivity index (χ3v) is 5.67. The van der Waals surface area contributed by atoms with Gasteiger partial charge in [-0.25, -0.2) is 12.8 Å². The molecule has 116 valence electrons. The lowest BCUT2D eigenvalue weighted by molar-refractivity contribution is -0.128. The van der Waals surface area contributed by atoms with Crippen LogP contribution in [0.2, 0.25) is 0 Å². The molecule has 1 fully saturated rings. The van der Waals surface area contributed by atoms with Crippen LogP contribution in [0.15, 0.2) is 23.1 Å². The number of hydrogen-bond acceptors (Lipinski definition) is 4. The van der Waals surface area contributed by atoms with Gasteiger partial charge in [-0.3, -0.25) is 4.79 Å². The average molecular weight is 315 g/mol. The van der Waals surface area contributed by atoms with Gasteiger partial charge in [-0.05, 0) is 31.5 Å². The van der Waals surface area contributed by atoms with Gasteiger partial charge in [0.2, 0.25) is 15.9 Å². The molecule has 0 saturated carbocycles. The lowest BCUT2D eigenvalue weighted by Crippen LogP contribution is -2.40. The van der Waals surface area contributed by atoms with Crippen molar-refractivity contribution < 1.29 is 17.6 Å². The molecule has 1 aromatic carbocycles. The van der Waals surface area contributed by atoms with Crippen molar-refractivity contribution in [1.82, 2.24) is 9.62 Å². The molecule has 0 aromatic heterocycles. The molecular formula is C13H18FN3O3S. The quantitative estimate of drug-likeness (QED) is 0.797. The van der Waals surface area contributed by atoms with Gasteiger partial charge in [-0.1, -0.05) is 0 Å². The molecule has 1 unspecified atom stereocenters. The van der Waals surface area contributed by atoms with E-state index in [0.717, 1.165) is 16.4 Å². The molecule has 2 rings (SSSR count). The van der Waals surface area contributed by atoms with Crippen LogP contribution in [-0.4, -0.2) is 38.8 Å². The summed E-state index contributed by atoms with van der Waals surface area (Å²) in [5.41, 5.74) is 4.78. The number of halogens is 1. The van der Waals surface area contributed by atoms with Crippen molar-refractivity contribution in [3.63, 3.8) is 0 Å². The highest BCUT2D eigenvalue weighted by Gasteiger charge is 2.44. The Balaban J connectivity index is 2.32. The second-order valence-electron chi connectivity index (χ2n) is 5.42. The van der Waals surface area contributed by atoms with Gasteiger partial charge in [0, 0.05) is 25.8 Å². The molecule has 1 atom stereocenters. The molecule has 0 spiro atoms. The number of rotatable bonds is 3. The zero-order chi connectivity index (χ0) is 15.8. The van der Waals surface area contributed by atoms with Crippen LogP contribution >= 0.6 is 0 Å². The van der Waals surface area contributed by atoms with E-state index in [1.807, 2.05) is 0 Å². The van der Waals surface area contributed by atoms with Crippen molar-refractivity contribution >= 4 is 21.6 Å². The molecule has 0 radical (unpaired) electrons. The number of carbonyl (C=O) groups excluding carboxylic acids is 1. The first-order chi connectivity index (χ1) is 9.70. The molecule has 1 amide bonds. The van der Waals surface area contributed by atoms with Gasteiger partial charge in [0.15, 0.2) is 0 Å². The molecule has 6 nitrogen and oxygen atoms in total. The van der Waals surface area contributed by atoms with Crippen LogP contribution in [-0.2, 0) is 14.8 Å². The summed E-state index contributed by atoms with van der Waals surface area (Å²) in [6.07, 6.45) is 0.391. The first kappa shape index (κ1) is 15.7. The Kier molecular flexibility index (Phi) is 3.94. The Morgan fingerprint density at radius 2 is 2.14 bits per heavy atom. The van der Waals surface area contributed by atoms with Crippen molar-refractivity contribution in [2.75, 3.05) is 25.9 Å². The average Bonchev–Trinajstić information content (AvgIpc) is 2.82. The molecule has 0 bridgehead atoms. The molecule has 1 aliphatic rings. The van der Waals surface area contributed by atoms with Crippen LogP contribution in [0.5, 0.6) is 0 Å². The molecule has 1 saturated heterocycles. The fraction of sp³-hybridized carbons (Fsp3) is 0.462. The van der Waals surface area contributed by atoms with E-state index < -0.39 is 26.2 Å². The SMILES string of the molecule is CNC(=O)C1(C)CCN(S(=O)(=O)c2ccc(N)cc2F)C1. The number of nitrogens with two attached hydrogens (primary N) is 1. The van der Waals surface area contributed by atoms with Crippen molar-refractivity contribution in [1.29, 1.82) is 0 Å². The number of nitrogen functional groups attached to an aromatic ring is 1. The highest BCUT2D eigenvalue weighted by Crippen LogP contribution is 2.34. The van der Waals surface area contributed by atoms with E-state index in [1.165, 1.54) is 13.1 Å². The van der Waals surface area contributed by atoms with E-state index in [2.05, 4.69) is 5.32 Å². The van der Waals surface area contributed by atoms with E-state index in [9.17, 15) is 17.6 Å². The normalized spacial score (nSPS) is 23.2. The van der Waals surface area contributed by atoms with E-state index in [1.54, 1.807) is 6.92 Å². The molecular weight excluding hydrogens is 297 g/mol. The predicted octanol–water partition coefficient (Wildman–Crippen LogP) is 0.555. The largest absolute Gasteiger partial charge is 0.399 e. The maximum Gasteiger partial charge on any atom is 0.246 e. The number of benzene rings is 1. The first-order valence-corrected chi connectivity index (χ1v) is 7.92. The van der Waals surface area contributed by atoms with Crippen LogP contribution in [0.1, 0.15) is 13.3 Å². The van der Waals surface area contributed by atoms with E-state index in [-0.39, 0.29) is 24.7 Å². The van der Waals surface area contributed by atoms with Crippen molar-refractivity contribution in [2.24, 2.45) is 5.41 Å². The van der Waals surface area contributed by atoms with Crippen molar-refractivity contribution in [2.45, 2.75) is 18.2 Å². The maximum absolute atomic E-state index is 13.9. The van der Waals surface area contributed by atoms with Crippen LogP contribution in [0.3, 0.4) is 0 Å². The zero-order valence-electron chi connectivity index (χ0n) is 11.9. The smallest absolute Gasteiger partial charge is 0.246 e. The maximum atomic E-state index is 13.9. The van der Waals surface area contributed by atoms with Gasteiger partial charge in [-0.2, -0.15) is 4.31 Å². The number of amides is 1. The summed E-state index contributed by atoms with van der Waals surface area (Å²) in [5.74, 6) is -1.11. The van der Waals surface area contributed by atoms with Crippen LogP contribution in [0.4, 0.5) is 10.1 Å². The highest BCUT2D eigenvalue weighted by molar-refractivity contribution is 7.89. The first-order valence-electron chi connectivity index (χ1n) is 6.48. The lowest BCUT2D eigenvalue weighted by atomic mass is 9.89. The summed E-state index contributed by atoms with van der Waals surface area (Å²) < 4.78 is 39.9. The third kappa shape index (κ3) is 2.73.